The third-order valence-corrected chi connectivity index (χ3v) is 7.45. The fraction of sp³-hybridized carbons (Fsp3) is 0.152. The summed E-state index contributed by atoms with van der Waals surface area (Å²) in [6.45, 7) is 5.34. The first-order chi connectivity index (χ1) is 18.8. The zero-order valence-electron chi connectivity index (χ0n) is 21.3. The van der Waals surface area contributed by atoms with Gasteiger partial charge in [0, 0.05) is 41.5 Å². The van der Waals surface area contributed by atoms with Crippen molar-refractivity contribution in [3.8, 4) is 27.9 Å². The Morgan fingerprint density at radius 2 is 1.42 bits per heavy atom. The topological polar surface area (TPSA) is 43.2 Å². The van der Waals surface area contributed by atoms with Crippen LogP contribution < -0.4 is 4.90 Å². The van der Waals surface area contributed by atoms with Crippen LogP contribution in [0.3, 0.4) is 0 Å². The summed E-state index contributed by atoms with van der Waals surface area (Å²) in [7, 11) is 0. The molecule has 0 radical (unpaired) electrons. The average Bonchev–Trinajstić information content (AvgIpc) is 3.32. The number of rotatable bonds is 4. The summed E-state index contributed by atoms with van der Waals surface area (Å²) in [5, 5.41) is 1.11. The number of ether oxygens (including phenoxy) is 1. The predicted octanol–water partition coefficient (Wildman–Crippen LogP) is 7.05. The van der Waals surface area contributed by atoms with Crippen molar-refractivity contribution in [2.45, 2.75) is 6.92 Å². The number of hydrogen-bond donors (Lipinski definition) is 0. The van der Waals surface area contributed by atoms with Gasteiger partial charge >= 0.3 is 0 Å². The van der Waals surface area contributed by atoms with E-state index in [1.807, 2.05) is 12.3 Å². The average molecular weight is 497 g/mol. The Morgan fingerprint density at radius 3 is 2.16 bits per heavy atom. The van der Waals surface area contributed by atoms with E-state index in [1.165, 1.54) is 11.3 Å². The maximum atomic E-state index is 5.65. The number of para-hydroxylation sites is 1. The standard InChI is InChI=1S/C33H28N4O/c1-23-35-33-29(25-11-6-3-7-12-25)21-26(36-17-19-38-20-18-36)22-31(33)37(23)30-15-16-34-32-27(13-8-14-28(30)32)24-9-4-2-5-10-24/h2-16,21-22H,17-20H2,1H3. The summed E-state index contributed by atoms with van der Waals surface area (Å²) >= 11 is 0. The van der Waals surface area contributed by atoms with E-state index in [4.69, 9.17) is 14.7 Å². The van der Waals surface area contributed by atoms with Gasteiger partial charge in [-0.25, -0.2) is 4.98 Å². The van der Waals surface area contributed by atoms with Crippen molar-refractivity contribution >= 4 is 27.6 Å². The molecule has 6 aromatic rings. The summed E-state index contributed by atoms with van der Waals surface area (Å²) in [5.74, 6) is 0.953. The first kappa shape index (κ1) is 22.7. The predicted molar refractivity (Wildman–Crippen MR) is 155 cm³/mol. The van der Waals surface area contributed by atoms with Gasteiger partial charge in [0.2, 0.25) is 0 Å². The highest BCUT2D eigenvalue weighted by atomic mass is 16.5. The van der Waals surface area contributed by atoms with E-state index in [-0.39, 0.29) is 0 Å². The molecule has 0 atom stereocenters. The Bertz CT molecular complexity index is 1750. The van der Waals surface area contributed by atoms with Crippen LogP contribution >= 0.6 is 0 Å². The number of anilines is 1. The van der Waals surface area contributed by atoms with Gasteiger partial charge in [-0.05, 0) is 36.2 Å². The number of pyridine rings is 1. The largest absolute Gasteiger partial charge is 0.378 e. The number of imidazole rings is 1. The molecule has 0 amide bonds. The van der Waals surface area contributed by atoms with Crippen molar-refractivity contribution < 1.29 is 4.74 Å². The Labute approximate surface area is 222 Å². The minimum Gasteiger partial charge on any atom is -0.378 e. The van der Waals surface area contributed by atoms with Crippen molar-refractivity contribution in [2.24, 2.45) is 0 Å². The molecule has 2 aromatic heterocycles. The number of nitrogens with zero attached hydrogens (tertiary/aromatic N) is 4. The van der Waals surface area contributed by atoms with Crippen LogP contribution in [0.15, 0.2) is 103 Å². The summed E-state index contributed by atoms with van der Waals surface area (Å²) < 4.78 is 7.95. The SMILES string of the molecule is Cc1nc2c(-c3ccccc3)cc(N3CCOCC3)cc2n1-c1ccnc2c(-c3ccccc3)cccc12. The zero-order chi connectivity index (χ0) is 25.5. The molecule has 38 heavy (non-hydrogen) atoms. The molecule has 1 aliphatic heterocycles. The maximum absolute atomic E-state index is 5.65. The zero-order valence-corrected chi connectivity index (χ0v) is 21.3. The van der Waals surface area contributed by atoms with Crippen LogP contribution in [0.1, 0.15) is 5.82 Å². The highest BCUT2D eigenvalue weighted by Gasteiger charge is 2.20. The summed E-state index contributed by atoms with van der Waals surface area (Å²) in [6, 6.07) is 34.2. The quantitative estimate of drug-likeness (QED) is 0.262. The minimum absolute atomic E-state index is 0.744. The molecule has 0 saturated carbocycles. The number of benzene rings is 4. The number of fused-ring (bicyclic) bond motifs is 2. The monoisotopic (exact) mass is 496 g/mol. The normalized spacial score (nSPS) is 13.9. The first-order valence-corrected chi connectivity index (χ1v) is 13.1. The molecule has 0 unspecified atom stereocenters. The van der Waals surface area contributed by atoms with Gasteiger partial charge in [-0.2, -0.15) is 0 Å². The van der Waals surface area contributed by atoms with Gasteiger partial charge in [0.25, 0.3) is 0 Å². The highest BCUT2D eigenvalue weighted by Crippen LogP contribution is 2.37. The van der Waals surface area contributed by atoms with E-state index in [9.17, 15) is 0 Å². The lowest BCUT2D eigenvalue weighted by Gasteiger charge is -2.29. The van der Waals surface area contributed by atoms with Crippen molar-refractivity contribution in [3.63, 3.8) is 0 Å². The summed E-state index contributed by atoms with van der Waals surface area (Å²) in [4.78, 5) is 12.4. The smallest absolute Gasteiger partial charge is 0.111 e. The fourth-order valence-electron chi connectivity index (χ4n) is 5.63. The second kappa shape index (κ2) is 9.43. The molecule has 0 spiro atoms. The Hall–Kier alpha value is -4.48. The Morgan fingerprint density at radius 1 is 0.711 bits per heavy atom. The van der Waals surface area contributed by atoms with Crippen LogP contribution in [0.25, 0.3) is 49.9 Å². The van der Waals surface area contributed by atoms with E-state index < -0.39 is 0 Å². The van der Waals surface area contributed by atoms with Gasteiger partial charge in [0.05, 0.1) is 35.5 Å². The lowest BCUT2D eigenvalue weighted by atomic mass is 10.0. The van der Waals surface area contributed by atoms with Gasteiger partial charge in [0.1, 0.15) is 5.82 Å². The molecule has 0 bridgehead atoms. The second-order valence-corrected chi connectivity index (χ2v) is 9.72. The lowest BCUT2D eigenvalue weighted by Crippen LogP contribution is -2.36. The molecular formula is C33H28N4O. The Balaban J connectivity index is 1.50. The van der Waals surface area contributed by atoms with Crippen molar-refractivity contribution in [3.05, 3.63) is 109 Å². The number of hydrogen-bond acceptors (Lipinski definition) is 4. The van der Waals surface area contributed by atoms with Gasteiger partial charge in [-0.15, -0.1) is 0 Å². The van der Waals surface area contributed by atoms with Crippen molar-refractivity contribution in [1.29, 1.82) is 0 Å². The molecule has 5 heteroatoms. The highest BCUT2D eigenvalue weighted by molar-refractivity contribution is 6.01. The third kappa shape index (κ3) is 3.83. The summed E-state index contributed by atoms with van der Waals surface area (Å²) in [5.41, 5.74) is 10.00. The molecule has 1 aliphatic rings. The van der Waals surface area contributed by atoms with Gasteiger partial charge in [-0.3, -0.25) is 9.55 Å². The van der Waals surface area contributed by atoms with Gasteiger partial charge < -0.3 is 9.64 Å². The maximum Gasteiger partial charge on any atom is 0.111 e. The van der Waals surface area contributed by atoms with E-state index >= 15 is 0 Å². The fourth-order valence-corrected chi connectivity index (χ4v) is 5.63. The molecule has 3 heterocycles. The Kier molecular flexibility index (Phi) is 5.64. The van der Waals surface area contributed by atoms with Crippen molar-refractivity contribution in [2.75, 3.05) is 31.2 Å². The van der Waals surface area contributed by atoms with Crippen LogP contribution in [-0.4, -0.2) is 40.8 Å². The van der Waals surface area contributed by atoms with Crippen molar-refractivity contribution in [1.82, 2.24) is 14.5 Å². The van der Waals surface area contributed by atoms with Crippen LogP contribution in [0.4, 0.5) is 5.69 Å². The molecule has 4 aromatic carbocycles. The number of morpholine rings is 1. The molecule has 0 N–H and O–H groups in total. The first-order valence-electron chi connectivity index (χ1n) is 13.1. The van der Waals surface area contributed by atoms with E-state index in [0.717, 1.165) is 76.4 Å². The third-order valence-electron chi connectivity index (χ3n) is 7.45. The van der Waals surface area contributed by atoms with E-state index in [0.29, 0.717) is 0 Å². The summed E-state index contributed by atoms with van der Waals surface area (Å²) in [6.07, 6.45) is 1.92. The molecule has 186 valence electrons. The number of aromatic nitrogens is 3. The van der Waals surface area contributed by atoms with Crippen LogP contribution in [0.2, 0.25) is 0 Å². The van der Waals surface area contributed by atoms with Crippen LogP contribution in [0, 0.1) is 6.92 Å². The molecule has 5 nitrogen and oxygen atoms in total. The molecular weight excluding hydrogens is 468 g/mol. The van der Waals surface area contributed by atoms with Crippen LogP contribution in [-0.2, 0) is 4.74 Å². The van der Waals surface area contributed by atoms with Gasteiger partial charge in [0.15, 0.2) is 0 Å². The molecule has 0 aliphatic carbocycles. The lowest BCUT2D eigenvalue weighted by molar-refractivity contribution is 0.122. The minimum atomic E-state index is 0.744. The van der Waals surface area contributed by atoms with Gasteiger partial charge in [-0.1, -0.05) is 78.9 Å². The molecule has 1 saturated heterocycles. The molecule has 7 rings (SSSR count). The number of aryl methyl sites for hydroxylation is 1. The van der Waals surface area contributed by atoms with Crippen LogP contribution in [0.5, 0.6) is 0 Å². The van der Waals surface area contributed by atoms with E-state index in [1.54, 1.807) is 0 Å². The van der Waals surface area contributed by atoms with E-state index in [2.05, 4.69) is 107 Å². The second-order valence-electron chi connectivity index (χ2n) is 9.72. The molecule has 1 fully saturated rings.